The molecule has 3 amide bonds. The maximum absolute atomic E-state index is 12.7. The quantitative estimate of drug-likeness (QED) is 0.342. The van der Waals surface area contributed by atoms with E-state index in [0.717, 1.165) is 23.8 Å². The number of anilines is 2. The van der Waals surface area contributed by atoms with Crippen LogP contribution in [-0.4, -0.2) is 41.7 Å². The van der Waals surface area contributed by atoms with E-state index in [0.29, 0.717) is 32.9 Å². The molecule has 31 heavy (non-hydrogen) atoms. The fraction of sp³-hybridized carbons (Fsp3) is 0.190. The number of aromatic nitrogens is 1. The Bertz CT molecular complexity index is 1190. The van der Waals surface area contributed by atoms with Crippen molar-refractivity contribution in [3.05, 3.63) is 45.6 Å². The molecule has 0 aliphatic carbocycles. The molecular formula is C21H22N6O3S. The number of nitrogens with zero attached hydrogens (tertiary/aromatic N) is 1. The number of benzene rings is 1. The van der Waals surface area contributed by atoms with Gasteiger partial charge in [-0.1, -0.05) is 0 Å². The molecule has 2 aromatic heterocycles. The Hall–Kier alpha value is -3.79. The second-order valence-corrected chi connectivity index (χ2v) is 7.86. The van der Waals surface area contributed by atoms with Gasteiger partial charge in [0.05, 0.1) is 16.4 Å². The number of hydrogen-bond acceptors (Lipinski definition) is 6. The van der Waals surface area contributed by atoms with Crippen LogP contribution in [0.25, 0.3) is 10.9 Å². The van der Waals surface area contributed by atoms with Crippen molar-refractivity contribution in [1.82, 2.24) is 4.98 Å². The molecule has 6 N–H and O–H groups in total. The predicted molar refractivity (Wildman–Crippen MR) is 123 cm³/mol. The Balaban J connectivity index is 1.97. The van der Waals surface area contributed by atoms with Crippen LogP contribution < -0.4 is 16.0 Å². The van der Waals surface area contributed by atoms with Gasteiger partial charge >= 0.3 is 0 Å². The third-order valence-electron chi connectivity index (χ3n) is 4.81. The van der Waals surface area contributed by atoms with E-state index in [-0.39, 0.29) is 17.3 Å². The van der Waals surface area contributed by atoms with Crippen molar-refractivity contribution in [2.45, 2.75) is 19.8 Å². The van der Waals surface area contributed by atoms with Crippen LogP contribution in [0.4, 0.5) is 11.5 Å². The van der Waals surface area contributed by atoms with Gasteiger partial charge < -0.3 is 31.8 Å². The molecule has 160 valence electrons. The Morgan fingerprint density at radius 2 is 1.94 bits per heavy atom. The minimum absolute atomic E-state index is 0.112. The van der Waals surface area contributed by atoms with E-state index in [4.69, 9.17) is 16.6 Å². The van der Waals surface area contributed by atoms with E-state index in [1.807, 2.05) is 6.92 Å². The molecule has 0 saturated carbocycles. The van der Waals surface area contributed by atoms with E-state index >= 15 is 0 Å². The molecule has 3 aromatic rings. The highest BCUT2D eigenvalue weighted by Gasteiger charge is 2.21. The van der Waals surface area contributed by atoms with Gasteiger partial charge in [0.1, 0.15) is 5.82 Å². The number of aromatic amines is 1. The smallest absolute Gasteiger partial charge is 0.266 e. The van der Waals surface area contributed by atoms with Gasteiger partial charge in [-0.2, -0.15) is 0 Å². The summed E-state index contributed by atoms with van der Waals surface area (Å²) < 4.78 is 0. The summed E-state index contributed by atoms with van der Waals surface area (Å²) in [7, 11) is 0. The number of carbonyl (C=O) groups excluding carboxylic acids is 3. The number of nitrogens with one attached hydrogen (secondary N) is 4. The molecule has 3 rings (SSSR count). The third kappa shape index (κ3) is 4.24. The Morgan fingerprint density at radius 1 is 1.23 bits per heavy atom. The lowest BCUT2D eigenvalue weighted by atomic mass is 10.1. The molecule has 0 aliphatic heterocycles. The standard InChI is InChI=1S/C21H22N6O3S/c1-3-27(11(2)28)13-4-5-14-15(8-13)25-20(18(14)19(24)29)26-21(30)17-7-6-16(31-17)12(9-22)10-23/h4-10,12,22-23,25H,3H2,1-2H3,(H2,24,29)(H,26,30). The van der Waals surface area contributed by atoms with Gasteiger partial charge in [-0.05, 0) is 37.3 Å². The van der Waals surface area contributed by atoms with Gasteiger partial charge in [0, 0.05) is 47.4 Å². The summed E-state index contributed by atoms with van der Waals surface area (Å²) in [5.41, 5.74) is 6.93. The zero-order chi connectivity index (χ0) is 22.7. The molecule has 0 fully saturated rings. The minimum Gasteiger partial charge on any atom is -0.365 e. The third-order valence-corrected chi connectivity index (χ3v) is 6.00. The molecule has 0 atom stereocenters. The Kier molecular flexibility index (Phi) is 6.30. The van der Waals surface area contributed by atoms with Crippen molar-refractivity contribution in [3.63, 3.8) is 0 Å². The summed E-state index contributed by atoms with van der Waals surface area (Å²) in [5.74, 6) is -1.58. The van der Waals surface area contributed by atoms with Crippen LogP contribution in [0.3, 0.4) is 0 Å². The zero-order valence-electron chi connectivity index (χ0n) is 17.0. The summed E-state index contributed by atoms with van der Waals surface area (Å²) >= 11 is 1.16. The van der Waals surface area contributed by atoms with Crippen molar-refractivity contribution >= 4 is 63.9 Å². The molecule has 1 aromatic carbocycles. The van der Waals surface area contributed by atoms with Crippen LogP contribution in [-0.2, 0) is 4.79 Å². The van der Waals surface area contributed by atoms with Crippen molar-refractivity contribution in [1.29, 1.82) is 10.8 Å². The highest BCUT2D eigenvalue weighted by atomic mass is 32.1. The number of H-pyrrole nitrogens is 1. The number of amides is 3. The number of thiophene rings is 1. The summed E-state index contributed by atoms with van der Waals surface area (Å²) in [5, 5.41) is 18.0. The SMILES string of the molecule is CCN(C(C)=O)c1ccc2c(C(N)=O)c(NC(=O)c3ccc(C(C=N)C=N)s3)[nH]c2c1. The summed E-state index contributed by atoms with van der Waals surface area (Å²) in [6, 6.07) is 8.42. The van der Waals surface area contributed by atoms with Crippen LogP contribution >= 0.6 is 11.3 Å². The van der Waals surface area contributed by atoms with Crippen LogP contribution in [0.5, 0.6) is 0 Å². The maximum atomic E-state index is 12.7. The van der Waals surface area contributed by atoms with E-state index < -0.39 is 17.7 Å². The number of hydrogen-bond donors (Lipinski definition) is 5. The van der Waals surface area contributed by atoms with Gasteiger partial charge in [-0.15, -0.1) is 11.3 Å². The summed E-state index contributed by atoms with van der Waals surface area (Å²) in [6.07, 6.45) is 2.25. The van der Waals surface area contributed by atoms with Crippen molar-refractivity contribution in [2.24, 2.45) is 5.73 Å². The zero-order valence-corrected chi connectivity index (χ0v) is 17.8. The van der Waals surface area contributed by atoms with Crippen molar-refractivity contribution in [2.75, 3.05) is 16.8 Å². The number of fused-ring (bicyclic) bond motifs is 1. The molecule has 10 heteroatoms. The normalized spacial score (nSPS) is 11.7. The minimum atomic E-state index is -0.701. The molecule has 0 bridgehead atoms. The molecule has 9 nitrogen and oxygen atoms in total. The maximum Gasteiger partial charge on any atom is 0.266 e. The number of nitrogens with two attached hydrogens (primary N) is 1. The van der Waals surface area contributed by atoms with E-state index in [1.165, 1.54) is 6.92 Å². The molecule has 0 unspecified atom stereocenters. The molecule has 0 saturated heterocycles. The summed E-state index contributed by atoms with van der Waals surface area (Å²) in [6.45, 7) is 3.82. The van der Waals surface area contributed by atoms with Crippen molar-refractivity contribution < 1.29 is 14.4 Å². The van der Waals surface area contributed by atoms with Gasteiger partial charge in [0.25, 0.3) is 11.8 Å². The van der Waals surface area contributed by atoms with Crippen LogP contribution in [0.15, 0.2) is 30.3 Å². The topological polar surface area (TPSA) is 156 Å². The fourth-order valence-electron chi connectivity index (χ4n) is 3.33. The van der Waals surface area contributed by atoms with Crippen LogP contribution in [0.2, 0.25) is 0 Å². The van der Waals surface area contributed by atoms with Crippen LogP contribution in [0, 0.1) is 10.8 Å². The van der Waals surface area contributed by atoms with Crippen LogP contribution in [0.1, 0.15) is 44.7 Å². The lowest BCUT2D eigenvalue weighted by Crippen LogP contribution is -2.27. The summed E-state index contributed by atoms with van der Waals surface area (Å²) in [4.78, 5) is 42.4. The number of rotatable bonds is 8. The van der Waals surface area contributed by atoms with Crippen molar-refractivity contribution in [3.8, 4) is 0 Å². The lowest BCUT2D eigenvalue weighted by molar-refractivity contribution is -0.116. The highest BCUT2D eigenvalue weighted by Crippen LogP contribution is 2.31. The largest absolute Gasteiger partial charge is 0.365 e. The predicted octanol–water partition coefficient (Wildman–Crippen LogP) is 3.34. The van der Waals surface area contributed by atoms with Gasteiger partial charge in [-0.25, -0.2) is 0 Å². The first-order valence-corrected chi connectivity index (χ1v) is 10.3. The average Bonchev–Trinajstić information content (AvgIpc) is 3.33. The molecule has 0 spiro atoms. The molecule has 0 radical (unpaired) electrons. The highest BCUT2D eigenvalue weighted by molar-refractivity contribution is 7.14. The van der Waals surface area contributed by atoms with E-state index in [2.05, 4.69) is 10.3 Å². The number of primary amides is 1. The lowest BCUT2D eigenvalue weighted by Gasteiger charge is -2.18. The first-order valence-electron chi connectivity index (χ1n) is 9.46. The van der Waals surface area contributed by atoms with Gasteiger partial charge in [-0.3, -0.25) is 14.4 Å². The molecular weight excluding hydrogens is 416 g/mol. The van der Waals surface area contributed by atoms with Gasteiger partial charge in [0.2, 0.25) is 5.91 Å². The Morgan fingerprint density at radius 3 is 2.52 bits per heavy atom. The van der Waals surface area contributed by atoms with E-state index in [9.17, 15) is 14.4 Å². The second-order valence-electron chi connectivity index (χ2n) is 6.75. The first-order chi connectivity index (χ1) is 14.8. The Labute approximate surface area is 182 Å². The number of carbonyl (C=O) groups is 3. The fourth-order valence-corrected chi connectivity index (χ4v) is 4.27. The average molecular weight is 439 g/mol. The monoisotopic (exact) mass is 438 g/mol. The molecule has 2 heterocycles. The first kappa shape index (κ1) is 21.9. The van der Waals surface area contributed by atoms with E-state index in [1.54, 1.807) is 35.2 Å². The second kappa shape index (κ2) is 8.92. The molecule has 0 aliphatic rings. The van der Waals surface area contributed by atoms with Gasteiger partial charge in [0.15, 0.2) is 0 Å².